The van der Waals surface area contributed by atoms with Gasteiger partial charge in [-0.1, -0.05) is 28.1 Å². The minimum atomic E-state index is 0.131. The third-order valence-corrected chi connectivity index (χ3v) is 4.63. The highest BCUT2D eigenvalue weighted by Gasteiger charge is 2.22. The molecular weight excluding hydrogens is 338 g/mol. The van der Waals surface area contributed by atoms with Crippen LogP contribution in [0.5, 0.6) is 0 Å². The number of rotatable bonds is 3. The van der Waals surface area contributed by atoms with Gasteiger partial charge in [0.05, 0.1) is 12.7 Å². The zero-order chi connectivity index (χ0) is 13.9. The van der Waals surface area contributed by atoms with E-state index >= 15 is 0 Å². The van der Waals surface area contributed by atoms with E-state index < -0.39 is 0 Å². The highest BCUT2D eigenvalue weighted by molar-refractivity contribution is 9.10. The molecule has 106 valence electrons. The van der Waals surface area contributed by atoms with Crippen molar-refractivity contribution < 1.29 is 4.74 Å². The number of anilines is 1. The molecule has 3 rings (SSSR count). The van der Waals surface area contributed by atoms with Gasteiger partial charge >= 0.3 is 0 Å². The van der Waals surface area contributed by atoms with Crippen molar-refractivity contribution in [3.8, 4) is 0 Å². The molecule has 0 radical (unpaired) electrons. The van der Waals surface area contributed by atoms with Crippen molar-refractivity contribution in [2.24, 2.45) is 0 Å². The molecule has 2 N–H and O–H groups in total. The first kappa shape index (κ1) is 14.0. The number of nitrogens with two attached hydrogens (primary N) is 1. The van der Waals surface area contributed by atoms with E-state index in [0.29, 0.717) is 5.13 Å². The van der Waals surface area contributed by atoms with E-state index in [1.807, 2.05) is 18.3 Å². The molecule has 1 aliphatic rings. The summed E-state index contributed by atoms with van der Waals surface area (Å²) in [5, 5.41) is 0.636. The van der Waals surface area contributed by atoms with Gasteiger partial charge in [-0.2, -0.15) is 0 Å². The van der Waals surface area contributed by atoms with Crippen molar-refractivity contribution in [1.82, 2.24) is 9.88 Å². The maximum atomic E-state index is 5.89. The van der Waals surface area contributed by atoms with Crippen LogP contribution in [0.4, 0.5) is 5.13 Å². The molecule has 0 bridgehead atoms. The standard InChI is InChI=1S/C14H16BrN3OS/c15-11-3-1-2-10(6-11)13-9-18(4-5-19-13)8-12-7-17-14(16)20-12/h1-3,6-7,13H,4-5,8-9H2,(H2,16,17). The van der Waals surface area contributed by atoms with E-state index in [9.17, 15) is 0 Å². The van der Waals surface area contributed by atoms with Crippen LogP contribution in [0.15, 0.2) is 34.9 Å². The monoisotopic (exact) mass is 353 g/mol. The first-order valence-electron chi connectivity index (χ1n) is 6.50. The van der Waals surface area contributed by atoms with Gasteiger partial charge in [0.2, 0.25) is 0 Å². The second-order valence-corrected chi connectivity index (χ2v) is 6.88. The number of hydrogen-bond acceptors (Lipinski definition) is 5. The van der Waals surface area contributed by atoms with Crippen LogP contribution in [-0.4, -0.2) is 29.6 Å². The molecular formula is C14H16BrN3OS. The lowest BCUT2D eigenvalue weighted by molar-refractivity contribution is -0.0326. The smallest absolute Gasteiger partial charge is 0.180 e. The molecule has 0 amide bonds. The Morgan fingerprint density at radius 2 is 2.40 bits per heavy atom. The van der Waals surface area contributed by atoms with Crippen LogP contribution in [0.2, 0.25) is 0 Å². The van der Waals surface area contributed by atoms with Crippen molar-refractivity contribution in [2.75, 3.05) is 25.4 Å². The topological polar surface area (TPSA) is 51.4 Å². The predicted octanol–water partition coefficient (Wildman–Crippen LogP) is 3.06. The zero-order valence-corrected chi connectivity index (χ0v) is 13.4. The first-order chi connectivity index (χ1) is 9.70. The number of nitrogen functional groups attached to an aromatic ring is 1. The van der Waals surface area contributed by atoms with E-state index in [1.165, 1.54) is 10.4 Å². The molecule has 1 aromatic carbocycles. The average Bonchev–Trinajstić information content (AvgIpc) is 2.84. The summed E-state index contributed by atoms with van der Waals surface area (Å²) >= 11 is 5.07. The van der Waals surface area contributed by atoms with Crippen molar-refractivity contribution >= 4 is 32.4 Å². The summed E-state index contributed by atoms with van der Waals surface area (Å²) in [7, 11) is 0. The van der Waals surface area contributed by atoms with Crippen LogP contribution < -0.4 is 5.73 Å². The number of ether oxygens (including phenoxy) is 1. The summed E-state index contributed by atoms with van der Waals surface area (Å²) in [4.78, 5) is 7.70. The molecule has 0 aliphatic carbocycles. The highest BCUT2D eigenvalue weighted by Crippen LogP contribution is 2.26. The van der Waals surface area contributed by atoms with Crippen LogP contribution in [0.25, 0.3) is 0 Å². The van der Waals surface area contributed by atoms with Gasteiger partial charge in [0.1, 0.15) is 0 Å². The third kappa shape index (κ3) is 3.38. The van der Waals surface area contributed by atoms with Gasteiger partial charge in [0, 0.05) is 35.2 Å². The lowest BCUT2D eigenvalue weighted by Crippen LogP contribution is -2.37. The maximum absolute atomic E-state index is 5.89. The molecule has 6 heteroatoms. The number of hydrogen-bond donors (Lipinski definition) is 1. The minimum Gasteiger partial charge on any atom is -0.375 e. The second-order valence-electron chi connectivity index (χ2n) is 4.81. The number of morpholine rings is 1. The number of halogens is 1. The molecule has 2 aromatic rings. The Balaban J connectivity index is 1.67. The number of aromatic nitrogens is 1. The summed E-state index contributed by atoms with van der Waals surface area (Å²) < 4.78 is 6.98. The fraction of sp³-hybridized carbons (Fsp3) is 0.357. The normalized spacial score (nSPS) is 20.1. The lowest BCUT2D eigenvalue weighted by Gasteiger charge is -2.32. The average molecular weight is 354 g/mol. The molecule has 1 aromatic heterocycles. The van der Waals surface area contributed by atoms with Crippen LogP contribution in [0.3, 0.4) is 0 Å². The fourth-order valence-electron chi connectivity index (χ4n) is 2.37. The Kier molecular flexibility index (Phi) is 4.35. The Hall–Kier alpha value is -0.950. The molecule has 1 atom stereocenters. The largest absolute Gasteiger partial charge is 0.375 e. The summed E-state index contributed by atoms with van der Waals surface area (Å²) in [6.07, 6.45) is 2.00. The summed E-state index contributed by atoms with van der Waals surface area (Å²) in [6.45, 7) is 3.49. The van der Waals surface area contributed by atoms with Gasteiger partial charge in [-0.05, 0) is 17.7 Å². The van der Waals surface area contributed by atoms with Crippen molar-refractivity contribution in [3.63, 3.8) is 0 Å². The zero-order valence-electron chi connectivity index (χ0n) is 11.0. The third-order valence-electron chi connectivity index (χ3n) is 3.32. The SMILES string of the molecule is Nc1ncc(CN2CCOC(c3cccc(Br)c3)C2)s1. The van der Waals surface area contributed by atoms with E-state index in [4.69, 9.17) is 10.5 Å². The molecule has 1 fully saturated rings. The molecule has 4 nitrogen and oxygen atoms in total. The van der Waals surface area contributed by atoms with Gasteiger partial charge in [-0.25, -0.2) is 4.98 Å². The van der Waals surface area contributed by atoms with Crippen LogP contribution in [0.1, 0.15) is 16.5 Å². The van der Waals surface area contributed by atoms with Crippen molar-refractivity contribution in [2.45, 2.75) is 12.6 Å². The van der Waals surface area contributed by atoms with E-state index in [2.05, 4.69) is 37.9 Å². The van der Waals surface area contributed by atoms with Gasteiger partial charge in [-0.15, -0.1) is 11.3 Å². The van der Waals surface area contributed by atoms with E-state index in [0.717, 1.165) is 30.7 Å². The summed E-state index contributed by atoms with van der Waals surface area (Å²) in [6, 6.07) is 8.32. The molecule has 0 saturated carbocycles. The van der Waals surface area contributed by atoms with Gasteiger partial charge < -0.3 is 10.5 Å². The Bertz CT molecular complexity index is 589. The van der Waals surface area contributed by atoms with Crippen molar-refractivity contribution in [3.05, 3.63) is 45.4 Å². The minimum absolute atomic E-state index is 0.131. The predicted molar refractivity (Wildman–Crippen MR) is 84.6 cm³/mol. The van der Waals surface area contributed by atoms with E-state index in [1.54, 1.807) is 11.3 Å². The Labute approximate surface area is 130 Å². The lowest BCUT2D eigenvalue weighted by atomic mass is 10.1. The fourth-order valence-corrected chi connectivity index (χ4v) is 3.51. The second kappa shape index (κ2) is 6.22. The van der Waals surface area contributed by atoms with Crippen LogP contribution >= 0.6 is 27.3 Å². The number of nitrogens with zero attached hydrogens (tertiary/aromatic N) is 2. The number of thiazole rings is 1. The van der Waals surface area contributed by atoms with Gasteiger partial charge in [-0.3, -0.25) is 4.90 Å². The molecule has 2 heterocycles. The summed E-state index contributed by atoms with van der Waals surface area (Å²) in [5.74, 6) is 0. The van der Waals surface area contributed by atoms with E-state index in [-0.39, 0.29) is 6.10 Å². The van der Waals surface area contributed by atoms with Gasteiger partial charge in [0.15, 0.2) is 5.13 Å². The van der Waals surface area contributed by atoms with Crippen molar-refractivity contribution in [1.29, 1.82) is 0 Å². The maximum Gasteiger partial charge on any atom is 0.180 e. The molecule has 1 unspecified atom stereocenters. The molecule has 0 spiro atoms. The highest BCUT2D eigenvalue weighted by atomic mass is 79.9. The summed E-state index contributed by atoms with van der Waals surface area (Å²) in [5.41, 5.74) is 6.89. The Morgan fingerprint density at radius 3 is 3.15 bits per heavy atom. The quantitative estimate of drug-likeness (QED) is 0.921. The Morgan fingerprint density at radius 1 is 1.50 bits per heavy atom. The first-order valence-corrected chi connectivity index (χ1v) is 8.11. The van der Waals surface area contributed by atoms with Crippen LogP contribution in [0, 0.1) is 0 Å². The molecule has 1 aliphatic heterocycles. The molecule has 1 saturated heterocycles. The molecule has 20 heavy (non-hydrogen) atoms. The van der Waals surface area contributed by atoms with Crippen LogP contribution in [-0.2, 0) is 11.3 Å². The number of benzene rings is 1. The van der Waals surface area contributed by atoms with Gasteiger partial charge in [0.25, 0.3) is 0 Å².